The van der Waals surface area contributed by atoms with Crippen molar-refractivity contribution in [3.63, 3.8) is 0 Å². The van der Waals surface area contributed by atoms with Gasteiger partial charge in [-0.25, -0.2) is 15.0 Å². The number of hydrogen-bond donors (Lipinski definition) is 3. The number of H-pyrrole nitrogens is 1. The molecule has 0 aliphatic rings. The summed E-state index contributed by atoms with van der Waals surface area (Å²) in [7, 11) is 0. The molecule has 0 saturated heterocycles. The number of fused-ring (bicyclic) bond motifs is 1. The Bertz CT molecular complexity index is 1060. The molecular formula is C19H16N6O. The maximum atomic E-state index is 11.2. The Morgan fingerprint density at radius 2 is 1.81 bits per heavy atom. The Hall–Kier alpha value is -3.74. The SMILES string of the molecule is NC(=O)c1ccc(-c2nc(NCc3ccccc3)c3[nH]cnc3n2)cc1. The molecule has 0 unspecified atom stereocenters. The Labute approximate surface area is 149 Å². The Morgan fingerprint density at radius 1 is 1.04 bits per heavy atom. The number of carbonyl (C=O) groups excluding carboxylic acids is 1. The molecule has 2 heterocycles. The zero-order chi connectivity index (χ0) is 17.9. The largest absolute Gasteiger partial charge is 0.366 e. The van der Waals surface area contributed by atoms with Gasteiger partial charge in [0, 0.05) is 17.7 Å². The molecule has 0 radical (unpaired) electrons. The van der Waals surface area contributed by atoms with E-state index in [4.69, 9.17) is 5.73 Å². The molecular weight excluding hydrogens is 328 g/mol. The summed E-state index contributed by atoms with van der Waals surface area (Å²) in [5, 5.41) is 3.33. The summed E-state index contributed by atoms with van der Waals surface area (Å²) in [5.74, 6) is 0.729. The van der Waals surface area contributed by atoms with Gasteiger partial charge in [-0.2, -0.15) is 0 Å². The minimum atomic E-state index is -0.467. The van der Waals surface area contributed by atoms with E-state index >= 15 is 0 Å². The van der Waals surface area contributed by atoms with Crippen LogP contribution in [0.1, 0.15) is 15.9 Å². The molecule has 7 nitrogen and oxygen atoms in total. The van der Waals surface area contributed by atoms with E-state index in [1.807, 2.05) is 30.3 Å². The third-order valence-corrected chi connectivity index (χ3v) is 4.02. The van der Waals surface area contributed by atoms with Gasteiger partial charge in [0.2, 0.25) is 5.91 Å². The summed E-state index contributed by atoms with van der Waals surface area (Å²) in [6.45, 7) is 0.631. The molecule has 128 valence electrons. The van der Waals surface area contributed by atoms with Crippen LogP contribution in [0.2, 0.25) is 0 Å². The van der Waals surface area contributed by atoms with E-state index in [-0.39, 0.29) is 0 Å². The van der Waals surface area contributed by atoms with Crippen molar-refractivity contribution in [1.29, 1.82) is 0 Å². The van der Waals surface area contributed by atoms with Gasteiger partial charge in [-0.15, -0.1) is 0 Å². The summed E-state index contributed by atoms with van der Waals surface area (Å²) >= 11 is 0. The number of primary amides is 1. The van der Waals surface area contributed by atoms with Gasteiger partial charge >= 0.3 is 0 Å². The van der Waals surface area contributed by atoms with Crippen LogP contribution in [-0.4, -0.2) is 25.8 Å². The van der Waals surface area contributed by atoms with Crippen LogP contribution < -0.4 is 11.1 Å². The molecule has 0 aliphatic carbocycles. The van der Waals surface area contributed by atoms with Crippen molar-refractivity contribution in [2.24, 2.45) is 5.73 Å². The normalized spacial score (nSPS) is 10.8. The topological polar surface area (TPSA) is 110 Å². The molecule has 0 spiro atoms. The first kappa shape index (κ1) is 15.8. The van der Waals surface area contributed by atoms with Crippen molar-refractivity contribution in [3.05, 3.63) is 72.1 Å². The lowest BCUT2D eigenvalue weighted by molar-refractivity contribution is 0.100. The Morgan fingerprint density at radius 3 is 2.54 bits per heavy atom. The van der Waals surface area contributed by atoms with E-state index in [0.29, 0.717) is 29.4 Å². The summed E-state index contributed by atoms with van der Waals surface area (Å²) in [5.41, 5.74) is 8.98. The van der Waals surface area contributed by atoms with Gasteiger partial charge in [0.25, 0.3) is 0 Å². The number of nitrogens with two attached hydrogens (primary N) is 1. The summed E-state index contributed by atoms with van der Waals surface area (Å²) in [6.07, 6.45) is 1.59. The number of imidazole rings is 1. The molecule has 26 heavy (non-hydrogen) atoms. The van der Waals surface area contributed by atoms with Gasteiger partial charge in [-0.05, 0) is 17.7 Å². The van der Waals surface area contributed by atoms with Gasteiger partial charge in [0.05, 0.1) is 6.33 Å². The number of nitrogens with zero attached hydrogens (tertiary/aromatic N) is 3. The number of aromatic amines is 1. The van der Waals surface area contributed by atoms with Crippen molar-refractivity contribution in [2.45, 2.75) is 6.54 Å². The second-order valence-electron chi connectivity index (χ2n) is 5.78. The second kappa shape index (κ2) is 6.64. The number of carbonyl (C=O) groups is 1. The van der Waals surface area contributed by atoms with E-state index in [1.54, 1.807) is 30.6 Å². The lowest BCUT2D eigenvalue weighted by Crippen LogP contribution is -2.10. The fourth-order valence-corrected chi connectivity index (χ4v) is 2.66. The van der Waals surface area contributed by atoms with Crippen LogP contribution in [0.15, 0.2) is 60.9 Å². The number of nitrogens with one attached hydrogen (secondary N) is 2. The van der Waals surface area contributed by atoms with Crippen LogP contribution in [0.25, 0.3) is 22.6 Å². The zero-order valence-corrected chi connectivity index (χ0v) is 13.8. The third kappa shape index (κ3) is 3.10. The van der Waals surface area contributed by atoms with Gasteiger partial charge < -0.3 is 16.0 Å². The van der Waals surface area contributed by atoms with Gasteiger partial charge in [-0.3, -0.25) is 4.79 Å². The zero-order valence-electron chi connectivity index (χ0n) is 13.8. The molecule has 0 atom stereocenters. The third-order valence-electron chi connectivity index (χ3n) is 4.02. The average Bonchev–Trinajstić information content (AvgIpc) is 3.16. The van der Waals surface area contributed by atoms with Crippen LogP contribution in [0.3, 0.4) is 0 Å². The van der Waals surface area contributed by atoms with Crippen LogP contribution in [0.5, 0.6) is 0 Å². The molecule has 2 aromatic heterocycles. The molecule has 4 aromatic rings. The van der Waals surface area contributed by atoms with Gasteiger partial charge in [-0.1, -0.05) is 42.5 Å². The van der Waals surface area contributed by atoms with E-state index in [0.717, 1.165) is 16.6 Å². The van der Waals surface area contributed by atoms with Crippen LogP contribution >= 0.6 is 0 Å². The average molecular weight is 344 g/mol. The number of amides is 1. The summed E-state index contributed by atoms with van der Waals surface area (Å²) < 4.78 is 0. The predicted octanol–water partition coefficient (Wildman–Crippen LogP) is 2.73. The maximum absolute atomic E-state index is 11.2. The fourth-order valence-electron chi connectivity index (χ4n) is 2.66. The fraction of sp³-hybridized carbons (Fsp3) is 0.0526. The quantitative estimate of drug-likeness (QED) is 0.516. The van der Waals surface area contributed by atoms with E-state index in [9.17, 15) is 4.79 Å². The first-order valence-electron chi connectivity index (χ1n) is 8.10. The van der Waals surface area contributed by atoms with Crippen LogP contribution in [0, 0.1) is 0 Å². The lowest BCUT2D eigenvalue weighted by atomic mass is 10.1. The van der Waals surface area contributed by atoms with Crippen LogP contribution in [0.4, 0.5) is 5.82 Å². The first-order valence-corrected chi connectivity index (χ1v) is 8.10. The van der Waals surface area contributed by atoms with Crippen molar-refractivity contribution in [1.82, 2.24) is 19.9 Å². The van der Waals surface area contributed by atoms with E-state index < -0.39 is 5.91 Å². The molecule has 0 aliphatic heterocycles. The molecule has 0 saturated carbocycles. The molecule has 7 heteroatoms. The number of anilines is 1. The van der Waals surface area contributed by atoms with Gasteiger partial charge in [0.1, 0.15) is 5.52 Å². The highest BCUT2D eigenvalue weighted by molar-refractivity contribution is 5.93. The van der Waals surface area contributed by atoms with Crippen molar-refractivity contribution >= 4 is 22.9 Å². The maximum Gasteiger partial charge on any atom is 0.248 e. The summed E-state index contributed by atoms with van der Waals surface area (Å²) in [4.78, 5) is 27.7. The van der Waals surface area contributed by atoms with Crippen molar-refractivity contribution in [3.8, 4) is 11.4 Å². The Kier molecular flexibility index (Phi) is 4.03. The highest BCUT2D eigenvalue weighted by Crippen LogP contribution is 2.23. The number of benzene rings is 2. The second-order valence-corrected chi connectivity index (χ2v) is 5.78. The first-order chi connectivity index (χ1) is 12.7. The molecule has 2 aromatic carbocycles. The molecule has 0 bridgehead atoms. The Balaban J connectivity index is 1.69. The predicted molar refractivity (Wildman–Crippen MR) is 99.4 cm³/mol. The number of hydrogen-bond acceptors (Lipinski definition) is 5. The standard InChI is InChI=1S/C19H16N6O/c20-16(26)13-6-8-14(9-7-13)17-24-18(15-19(25-17)23-11-22-15)21-10-12-4-2-1-3-5-12/h1-9,11H,10H2,(H2,20,26)(H2,21,22,23,24,25). The molecule has 0 fully saturated rings. The number of rotatable bonds is 5. The smallest absolute Gasteiger partial charge is 0.248 e. The van der Waals surface area contributed by atoms with Crippen molar-refractivity contribution < 1.29 is 4.79 Å². The highest BCUT2D eigenvalue weighted by Gasteiger charge is 2.12. The monoisotopic (exact) mass is 344 g/mol. The van der Waals surface area contributed by atoms with Crippen molar-refractivity contribution in [2.75, 3.05) is 5.32 Å². The lowest BCUT2D eigenvalue weighted by Gasteiger charge is -2.09. The molecule has 4 rings (SSSR count). The minimum Gasteiger partial charge on any atom is -0.366 e. The highest BCUT2D eigenvalue weighted by atomic mass is 16.1. The molecule has 1 amide bonds. The minimum absolute atomic E-state index is 0.442. The molecule has 4 N–H and O–H groups in total. The van der Waals surface area contributed by atoms with Crippen LogP contribution in [-0.2, 0) is 6.54 Å². The van der Waals surface area contributed by atoms with Gasteiger partial charge in [0.15, 0.2) is 17.3 Å². The van der Waals surface area contributed by atoms with E-state index in [2.05, 4.69) is 25.3 Å². The number of aromatic nitrogens is 4. The summed E-state index contributed by atoms with van der Waals surface area (Å²) in [6, 6.07) is 16.9. The van der Waals surface area contributed by atoms with E-state index in [1.165, 1.54) is 0 Å².